The standard InChI is InChI=1S/C43H27N3O.C27H18ClN3.C22H21BO3.H2S/c1-3-10-28(11-4-1)29-18-21-32(22-19-29)42-44-41(31-12-5-2-6-13-31)45-43(46-42)35-15-9-14-33(26-35)34-23-20-30-24-25-37-36-16-7-8-17-39(36)47-40(37)38(30)27-34;28-24-13-7-12-23(18-24)27-30-25(21-10-5-2-6-11-21)29-26(31-27)22-16-14-20(15-17-22)19-8-3-1-4-9-19;1-21(2)22(3,4)26-23(25-21)15-11-9-14-10-12-17-16-7-5-6-8-19(16)24-20(17)18(14)13-15;/h1-27H;1-18H;5-13H,1-4H3;1H2. The second kappa shape index (κ2) is 28.6. The molecule has 0 radical (unpaired) electrons. The maximum Gasteiger partial charge on any atom is 0.494 e. The van der Waals surface area contributed by atoms with E-state index in [0.29, 0.717) is 40.0 Å². The lowest BCUT2D eigenvalue weighted by molar-refractivity contribution is 0.00578. The number of aromatic nitrogens is 6. The number of furan rings is 2. The maximum absolute atomic E-state index is 6.37. The minimum absolute atomic E-state index is 0. The Kier molecular flexibility index (Phi) is 18.3. The summed E-state index contributed by atoms with van der Waals surface area (Å²) in [5, 5.41) is 9.66. The minimum Gasteiger partial charge on any atom is -0.455 e. The Morgan fingerprint density at radius 3 is 1.03 bits per heavy atom. The van der Waals surface area contributed by atoms with E-state index in [2.05, 4.69) is 204 Å². The molecule has 0 spiro atoms. The first kappa shape index (κ1) is 67.3. The second-order valence-electron chi connectivity index (χ2n) is 26.9. The predicted octanol–water partition coefficient (Wildman–Crippen LogP) is 23.6. The first-order valence-electron chi connectivity index (χ1n) is 34.7. The molecule has 13 heteroatoms. The van der Waals surface area contributed by atoms with Gasteiger partial charge in [0.25, 0.3) is 0 Å². The monoisotopic (exact) mass is 1400 g/mol. The van der Waals surface area contributed by atoms with Gasteiger partial charge in [0.15, 0.2) is 34.9 Å². The molecule has 0 N–H and O–H groups in total. The van der Waals surface area contributed by atoms with E-state index >= 15 is 0 Å². The van der Waals surface area contributed by atoms with Crippen LogP contribution in [0.25, 0.3) is 167 Å². The molecule has 506 valence electrons. The van der Waals surface area contributed by atoms with Crippen LogP contribution in [0.15, 0.2) is 336 Å². The van der Waals surface area contributed by atoms with Gasteiger partial charge in [-0.05, 0) is 126 Å². The van der Waals surface area contributed by atoms with Gasteiger partial charge in [-0.25, -0.2) is 29.9 Å². The van der Waals surface area contributed by atoms with Gasteiger partial charge in [-0.1, -0.05) is 291 Å². The van der Waals surface area contributed by atoms with Crippen LogP contribution in [0.1, 0.15) is 27.7 Å². The van der Waals surface area contributed by atoms with Gasteiger partial charge in [0.1, 0.15) is 22.3 Å². The summed E-state index contributed by atoms with van der Waals surface area (Å²) in [6.45, 7) is 8.30. The lowest BCUT2D eigenvalue weighted by Gasteiger charge is -2.32. The van der Waals surface area contributed by atoms with Gasteiger partial charge in [0.2, 0.25) is 0 Å². The number of hydrogen-bond acceptors (Lipinski definition) is 10. The highest BCUT2D eigenvalue weighted by Crippen LogP contribution is 2.41. The van der Waals surface area contributed by atoms with Crippen LogP contribution in [0, 0.1) is 0 Å². The molecule has 19 rings (SSSR count). The second-order valence-corrected chi connectivity index (χ2v) is 27.3. The number of fused-ring (bicyclic) bond motifs is 10. The van der Waals surface area contributed by atoms with Crippen LogP contribution in [0.2, 0.25) is 5.02 Å². The molecule has 1 aliphatic rings. The van der Waals surface area contributed by atoms with Crippen molar-refractivity contribution >= 4 is 103 Å². The lowest BCUT2D eigenvalue weighted by Crippen LogP contribution is -2.41. The fraction of sp³-hybridized carbons (Fsp3) is 0.0652. The quantitative estimate of drug-likeness (QED) is 0.122. The number of rotatable bonds is 10. The molecule has 0 amide bonds. The van der Waals surface area contributed by atoms with Crippen molar-refractivity contribution in [2.45, 2.75) is 38.9 Å². The first-order valence-corrected chi connectivity index (χ1v) is 35.1. The Morgan fingerprint density at radius 2 is 0.571 bits per heavy atom. The summed E-state index contributed by atoms with van der Waals surface area (Å²) < 4.78 is 25.0. The molecule has 10 nitrogen and oxygen atoms in total. The molecule has 105 heavy (non-hydrogen) atoms. The molecule has 0 atom stereocenters. The fourth-order valence-electron chi connectivity index (χ4n) is 13.4. The highest BCUT2D eigenvalue weighted by atomic mass is 35.5. The Bertz CT molecular complexity index is 6190. The van der Waals surface area contributed by atoms with E-state index < -0.39 is 0 Å². The highest BCUT2D eigenvalue weighted by molar-refractivity contribution is 7.59. The third-order valence-electron chi connectivity index (χ3n) is 19.6. The van der Waals surface area contributed by atoms with Gasteiger partial charge >= 0.3 is 7.12 Å². The number of halogens is 1. The van der Waals surface area contributed by atoms with Gasteiger partial charge in [0.05, 0.1) is 11.2 Å². The van der Waals surface area contributed by atoms with E-state index in [-0.39, 0.29) is 31.8 Å². The summed E-state index contributed by atoms with van der Waals surface area (Å²) >= 11 is 6.21. The summed E-state index contributed by atoms with van der Waals surface area (Å²) in [5.74, 6) is 3.76. The van der Waals surface area contributed by atoms with E-state index in [0.717, 1.165) is 127 Å². The third kappa shape index (κ3) is 13.7. The molecule has 1 fully saturated rings. The average molecular weight is 1400 g/mol. The van der Waals surface area contributed by atoms with Gasteiger partial charge in [-0.3, -0.25) is 0 Å². The normalized spacial score (nSPS) is 13.0. The van der Waals surface area contributed by atoms with Crippen molar-refractivity contribution in [2.75, 3.05) is 0 Å². The molecule has 0 aliphatic carbocycles. The minimum atomic E-state index is -0.371. The topological polar surface area (TPSA) is 122 Å². The van der Waals surface area contributed by atoms with Gasteiger partial charge in [0, 0.05) is 70.7 Å². The molecular formula is C92H68BClN6O4S. The zero-order valence-electron chi connectivity index (χ0n) is 57.9. The molecule has 0 unspecified atom stereocenters. The summed E-state index contributed by atoms with van der Waals surface area (Å²) in [7, 11) is -0.371. The molecule has 0 saturated carbocycles. The smallest absolute Gasteiger partial charge is 0.455 e. The predicted molar refractivity (Wildman–Crippen MR) is 436 cm³/mol. The van der Waals surface area contributed by atoms with Crippen molar-refractivity contribution in [3.8, 4) is 102 Å². The van der Waals surface area contributed by atoms with Crippen LogP contribution in [-0.4, -0.2) is 48.2 Å². The first-order chi connectivity index (χ1) is 50.9. The number of para-hydroxylation sites is 2. The molecule has 14 aromatic carbocycles. The van der Waals surface area contributed by atoms with Gasteiger partial charge in [-0.15, -0.1) is 0 Å². The Balaban J connectivity index is 0.000000127. The number of benzene rings is 14. The van der Waals surface area contributed by atoms with Crippen molar-refractivity contribution in [1.29, 1.82) is 0 Å². The zero-order valence-corrected chi connectivity index (χ0v) is 59.7. The van der Waals surface area contributed by atoms with E-state index in [1.165, 1.54) is 11.1 Å². The van der Waals surface area contributed by atoms with Crippen LogP contribution < -0.4 is 5.46 Å². The van der Waals surface area contributed by atoms with Gasteiger partial charge in [-0.2, -0.15) is 13.5 Å². The molecule has 1 saturated heterocycles. The van der Waals surface area contributed by atoms with Crippen molar-refractivity contribution in [3.63, 3.8) is 0 Å². The van der Waals surface area contributed by atoms with Crippen LogP contribution in [0.5, 0.6) is 0 Å². The van der Waals surface area contributed by atoms with Crippen molar-refractivity contribution in [3.05, 3.63) is 333 Å². The third-order valence-corrected chi connectivity index (χ3v) is 19.9. The summed E-state index contributed by atoms with van der Waals surface area (Å²) in [4.78, 5) is 29.2. The molecular weight excluding hydrogens is 1330 g/mol. The molecule has 18 aromatic rings. The Morgan fingerprint density at radius 1 is 0.257 bits per heavy atom. The molecule has 0 bridgehead atoms. The van der Waals surface area contributed by atoms with Gasteiger partial charge < -0.3 is 18.1 Å². The van der Waals surface area contributed by atoms with Crippen molar-refractivity contribution in [1.82, 2.24) is 29.9 Å². The largest absolute Gasteiger partial charge is 0.494 e. The van der Waals surface area contributed by atoms with Crippen LogP contribution in [0.3, 0.4) is 0 Å². The van der Waals surface area contributed by atoms with Crippen LogP contribution >= 0.6 is 25.1 Å². The maximum atomic E-state index is 6.37. The zero-order chi connectivity index (χ0) is 70.3. The van der Waals surface area contributed by atoms with E-state index in [1.54, 1.807) is 0 Å². The van der Waals surface area contributed by atoms with E-state index in [4.69, 9.17) is 59.6 Å². The van der Waals surface area contributed by atoms with E-state index in [9.17, 15) is 0 Å². The highest BCUT2D eigenvalue weighted by Gasteiger charge is 2.51. The summed E-state index contributed by atoms with van der Waals surface area (Å²) in [6, 6.07) is 111. The summed E-state index contributed by atoms with van der Waals surface area (Å²) in [6.07, 6.45) is 0. The van der Waals surface area contributed by atoms with Crippen LogP contribution in [-0.2, 0) is 9.31 Å². The number of nitrogens with zero attached hydrogens (tertiary/aromatic N) is 6. The molecule has 1 aliphatic heterocycles. The van der Waals surface area contributed by atoms with Crippen molar-refractivity contribution in [2.24, 2.45) is 0 Å². The lowest BCUT2D eigenvalue weighted by atomic mass is 9.78. The molecule has 4 aromatic heterocycles. The SMILES string of the molecule is CC1(C)OB(c2ccc3ccc4c5ccccc5oc4c3c2)OC1(C)C.Clc1cccc(-c2nc(-c3ccccc3)nc(-c3ccc(-c4ccccc4)cc3)n2)c1.S.c1ccc(-c2ccc(-c3nc(-c4ccccc4)nc(-c4cccc(-c5ccc6ccc7c8ccccc8oc7c6c5)c4)n3)cc2)cc1. The Hall–Kier alpha value is -12.2. The number of hydrogen-bond donors (Lipinski definition) is 0. The van der Waals surface area contributed by atoms with Crippen LogP contribution in [0.4, 0.5) is 0 Å². The molecule has 5 heterocycles. The van der Waals surface area contributed by atoms with E-state index in [1.807, 2.05) is 152 Å². The summed E-state index contributed by atoms with van der Waals surface area (Å²) in [5.41, 5.74) is 16.3. The van der Waals surface area contributed by atoms with Crippen molar-refractivity contribution < 1.29 is 18.1 Å². The average Bonchev–Trinajstić information content (AvgIpc) is 1.63. The fourth-order valence-corrected chi connectivity index (χ4v) is 13.6. The Labute approximate surface area is 620 Å².